The Balaban J connectivity index is 1.77. The number of rotatable bonds is 6. The van der Waals surface area contributed by atoms with Crippen LogP contribution in [0.4, 0.5) is 5.88 Å². The summed E-state index contributed by atoms with van der Waals surface area (Å²) >= 11 is 0. The summed E-state index contributed by atoms with van der Waals surface area (Å²) in [5, 5.41) is 14.0. The molecule has 1 saturated carbocycles. The first-order valence-electron chi connectivity index (χ1n) is 7.89. The quantitative estimate of drug-likeness (QED) is 0.628. The molecule has 118 valence electrons. The van der Waals surface area contributed by atoms with Gasteiger partial charge in [-0.25, -0.2) is 0 Å². The molecule has 1 N–H and O–H groups in total. The van der Waals surface area contributed by atoms with Crippen LogP contribution in [0.2, 0.25) is 0 Å². The molecule has 2 rings (SSSR count). The van der Waals surface area contributed by atoms with E-state index in [-0.39, 0.29) is 5.88 Å². The highest BCUT2D eigenvalue weighted by Crippen LogP contribution is 2.40. The van der Waals surface area contributed by atoms with E-state index in [1.165, 1.54) is 38.2 Å². The molecule has 1 aromatic rings. The molecule has 1 aromatic heterocycles. The van der Waals surface area contributed by atoms with Crippen molar-refractivity contribution in [1.82, 2.24) is 5.32 Å². The predicted molar refractivity (Wildman–Crippen MR) is 82.0 cm³/mol. The summed E-state index contributed by atoms with van der Waals surface area (Å²) < 4.78 is 5.17. The number of hydrogen-bond acceptors (Lipinski definition) is 4. The molecule has 1 aliphatic carbocycles. The van der Waals surface area contributed by atoms with Gasteiger partial charge in [0, 0.05) is 6.04 Å². The van der Waals surface area contributed by atoms with Crippen molar-refractivity contribution in [2.75, 3.05) is 0 Å². The molecule has 0 aromatic carbocycles. The van der Waals surface area contributed by atoms with Gasteiger partial charge in [-0.15, -0.1) is 0 Å². The molecule has 0 atom stereocenters. The maximum absolute atomic E-state index is 10.6. The smallest absolute Gasteiger partial charge is 0.404 e. The SMILES string of the molecule is CCC(C)(C)C1CCC(NCc2ccc([N+](=O)[O-])o2)CC1. The average molecular weight is 294 g/mol. The topological polar surface area (TPSA) is 68.3 Å². The van der Waals surface area contributed by atoms with Gasteiger partial charge in [0.05, 0.1) is 12.6 Å². The van der Waals surface area contributed by atoms with E-state index in [0.717, 1.165) is 5.92 Å². The fraction of sp³-hybridized carbons (Fsp3) is 0.750. The third-order valence-electron chi connectivity index (χ3n) is 5.14. The highest BCUT2D eigenvalue weighted by Gasteiger charge is 2.31. The van der Waals surface area contributed by atoms with Crippen molar-refractivity contribution in [2.45, 2.75) is 65.5 Å². The number of nitro groups is 1. The molecule has 5 heteroatoms. The number of hydrogen-bond donors (Lipinski definition) is 1. The molecule has 5 nitrogen and oxygen atoms in total. The van der Waals surface area contributed by atoms with Crippen molar-refractivity contribution in [1.29, 1.82) is 0 Å². The number of furan rings is 1. The zero-order valence-electron chi connectivity index (χ0n) is 13.2. The normalized spacial score (nSPS) is 23.2. The lowest BCUT2D eigenvalue weighted by Crippen LogP contribution is -2.36. The molecule has 1 aliphatic rings. The van der Waals surface area contributed by atoms with Crippen molar-refractivity contribution in [3.8, 4) is 0 Å². The highest BCUT2D eigenvalue weighted by atomic mass is 16.6. The Hall–Kier alpha value is -1.36. The summed E-state index contributed by atoms with van der Waals surface area (Å²) in [5.41, 5.74) is 0.437. The second kappa shape index (κ2) is 6.60. The molecule has 1 fully saturated rings. The van der Waals surface area contributed by atoms with E-state index in [4.69, 9.17) is 4.42 Å². The van der Waals surface area contributed by atoms with Gasteiger partial charge in [-0.3, -0.25) is 10.1 Å². The van der Waals surface area contributed by atoms with Gasteiger partial charge in [-0.05, 0) is 43.1 Å². The van der Waals surface area contributed by atoms with Crippen LogP contribution in [0.3, 0.4) is 0 Å². The van der Waals surface area contributed by atoms with Gasteiger partial charge in [-0.1, -0.05) is 27.2 Å². The van der Waals surface area contributed by atoms with E-state index in [1.54, 1.807) is 6.07 Å². The number of nitrogens with zero attached hydrogens (tertiary/aromatic N) is 1. The maximum Gasteiger partial charge on any atom is 0.433 e. The molecule has 0 bridgehead atoms. The Bertz CT molecular complexity index is 474. The standard InChI is InChI=1S/C16H26N2O3/c1-4-16(2,3)12-5-7-13(8-6-12)17-11-14-9-10-15(21-14)18(19)20/h9-10,12-13,17H,4-8,11H2,1-3H3. The fourth-order valence-electron chi connectivity index (χ4n) is 3.17. The van der Waals surface area contributed by atoms with Crippen LogP contribution >= 0.6 is 0 Å². The van der Waals surface area contributed by atoms with Gasteiger partial charge in [0.2, 0.25) is 0 Å². The lowest BCUT2D eigenvalue weighted by molar-refractivity contribution is -0.402. The molecule has 0 spiro atoms. The van der Waals surface area contributed by atoms with Crippen LogP contribution in [-0.2, 0) is 6.54 Å². The minimum atomic E-state index is -0.498. The summed E-state index contributed by atoms with van der Waals surface area (Å²) in [4.78, 5) is 10.1. The first-order valence-corrected chi connectivity index (χ1v) is 7.89. The van der Waals surface area contributed by atoms with Crippen LogP contribution < -0.4 is 5.32 Å². The van der Waals surface area contributed by atoms with E-state index in [0.29, 0.717) is 23.8 Å². The molecule has 0 unspecified atom stereocenters. The molecule has 21 heavy (non-hydrogen) atoms. The Labute approximate surface area is 126 Å². The van der Waals surface area contributed by atoms with Crippen LogP contribution in [0.5, 0.6) is 0 Å². The molecular weight excluding hydrogens is 268 g/mol. The zero-order chi connectivity index (χ0) is 15.5. The van der Waals surface area contributed by atoms with Gasteiger partial charge in [0.15, 0.2) is 0 Å². The minimum Gasteiger partial charge on any atom is -0.404 e. The summed E-state index contributed by atoms with van der Waals surface area (Å²) in [6.45, 7) is 7.58. The summed E-state index contributed by atoms with van der Waals surface area (Å²) in [5.74, 6) is 1.27. The van der Waals surface area contributed by atoms with Gasteiger partial charge < -0.3 is 9.73 Å². The summed E-state index contributed by atoms with van der Waals surface area (Å²) in [6.07, 6.45) is 6.10. The lowest BCUT2D eigenvalue weighted by atomic mass is 9.69. The largest absolute Gasteiger partial charge is 0.433 e. The number of nitrogens with one attached hydrogen (secondary N) is 1. The van der Waals surface area contributed by atoms with Gasteiger partial charge >= 0.3 is 5.88 Å². The maximum atomic E-state index is 10.6. The van der Waals surface area contributed by atoms with E-state index in [9.17, 15) is 10.1 Å². The predicted octanol–water partition coefficient (Wildman–Crippen LogP) is 4.27. The lowest BCUT2D eigenvalue weighted by Gasteiger charge is -2.39. The Morgan fingerprint density at radius 1 is 1.33 bits per heavy atom. The molecular formula is C16H26N2O3. The zero-order valence-corrected chi connectivity index (χ0v) is 13.2. The third kappa shape index (κ3) is 4.06. The fourth-order valence-corrected chi connectivity index (χ4v) is 3.17. The molecule has 0 amide bonds. The Morgan fingerprint density at radius 2 is 2.00 bits per heavy atom. The Morgan fingerprint density at radius 3 is 2.52 bits per heavy atom. The van der Waals surface area contributed by atoms with E-state index < -0.39 is 4.92 Å². The van der Waals surface area contributed by atoms with E-state index in [1.807, 2.05) is 0 Å². The Kier molecular flexibility index (Phi) is 5.04. The van der Waals surface area contributed by atoms with Crippen molar-refractivity contribution < 1.29 is 9.34 Å². The first kappa shape index (κ1) is 16.0. The molecule has 0 radical (unpaired) electrons. The second-order valence-corrected chi connectivity index (χ2v) is 6.77. The van der Waals surface area contributed by atoms with Crippen LogP contribution in [0.15, 0.2) is 16.5 Å². The average Bonchev–Trinajstić information content (AvgIpc) is 2.95. The van der Waals surface area contributed by atoms with Crippen LogP contribution in [0.1, 0.15) is 58.6 Å². The monoisotopic (exact) mass is 294 g/mol. The van der Waals surface area contributed by atoms with Crippen LogP contribution in [-0.4, -0.2) is 11.0 Å². The first-order chi connectivity index (χ1) is 9.92. The van der Waals surface area contributed by atoms with E-state index >= 15 is 0 Å². The highest BCUT2D eigenvalue weighted by molar-refractivity contribution is 5.17. The van der Waals surface area contributed by atoms with Gasteiger partial charge in [0.1, 0.15) is 10.7 Å². The van der Waals surface area contributed by atoms with Gasteiger partial charge in [0.25, 0.3) is 0 Å². The molecule has 0 aliphatic heterocycles. The summed E-state index contributed by atoms with van der Waals surface area (Å²) in [7, 11) is 0. The molecule has 0 saturated heterocycles. The van der Waals surface area contributed by atoms with Crippen molar-refractivity contribution in [2.24, 2.45) is 11.3 Å². The third-order valence-corrected chi connectivity index (χ3v) is 5.14. The van der Waals surface area contributed by atoms with Crippen molar-refractivity contribution in [3.05, 3.63) is 28.0 Å². The second-order valence-electron chi connectivity index (χ2n) is 6.77. The van der Waals surface area contributed by atoms with Crippen molar-refractivity contribution >= 4 is 5.88 Å². The minimum absolute atomic E-state index is 0.180. The van der Waals surface area contributed by atoms with Crippen molar-refractivity contribution in [3.63, 3.8) is 0 Å². The van der Waals surface area contributed by atoms with Crippen LogP contribution in [0, 0.1) is 21.4 Å². The van der Waals surface area contributed by atoms with E-state index in [2.05, 4.69) is 26.1 Å². The van der Waals surface area contributed by atoms with Crippen LogP contribution in [0.25, 0.3) is 0 Å². The molecule has 1 heterocycles. The summed E-state index contributed by atoms with van der Waals surface area (Å²) in [6, 6.07) is 3.59. The van der Waals surface area contributed by atoms with Gasteiger partial charge in [-0.2, -0.15) is 0 Å².